The van der Waals surface area contributed by atoms with Gasteiger partial charge in [-0.15, -0.1) is 0 Å². The van der Waals surface area contributed by atoms with Gasteiger partial charge in [0, 0.05) is 0 Å². The van der Waals surface area contributed by atoms with Gasteiger partial charge in [-0.3, -0.25) is 9.59 Å². The largest absolute Gasteiger partial charge is 0.455 e. The van der Waals surface area contributed by atoms with Crippen LogP contribution in [0.4, 0.5) is 18.9 Å². The molecule has 0 saturated heterocycles. The molecular formula is C17H13F3N4O3S. The molecule has 2 aromatic heterocycles. The lowest BCUT2D eigenvalue weighted by Crippen LogP contribution is -2.22. The minimum atomic E-state index is -4.59. The van der Waals surface area contributed by atoms with E-state index in [0.717, 1.165) is 23.8 Å². The molecule has 0 radical (unpaired) electrons. The van der Waals surface area contributed by atoms with Crippen molar-refractivity contribution in [2.75, 3.05) is 11.9 Å². The van der Waals surface area contributed by atoms with E-state index in [1.165, 1.54) is 28.7 Å². The number of ether oxygens (including phenoxy) is 1. The molecule has 1 aromatic carbocycles. The Hall–Kier alpha value is -3.21. The molecule has 1 amide bonds. The van der Waals surface area contributed by atoms with Gasteiger partial charge < -0.3 is 10.1 Å². The molecule has 0 aliphatic carbocycles. The molecule has 0 aliphatic rings. The number of halogens is 3. The Morgan fingerprint density at radius 1 is 1.25 bits per heavy atom. The molecule has 0 saturated carbocycles. The van der Waals surface area contributed by atoms with Gasteiger partial charge in [0.2, 0.25) is 0 Å². The zero-order valence-corrected chi connectivity index (χ0v) is 15.0. The summed E-state index contributed by atoms with van der Waals surface area (Å²) in [6, 6.07) is 4.56. The number of rotatable bonds is 6. The van der Waals surface area contributed by atoms with Crippen molar-refractivity contribution >= 4 is 28.9 Å². The topological polar surface area (TPSA) is 86.1 Å². The molecule has 0 aliphatic heterocycles. The van der Waals surface area contributed by atoms with E-state index in [2.05, 4.69) is 15.4 Å². The van der Waals surface area contributed by atoms with Crippen molar-refractivity contribution in [3.05, 3.63) is 58.8 Å². The molecule has 0 bridgehead atoms. The lowest BCUT2D eigenvalue weighted by Gasteiger charge is -2.14. The predicted octanol–water partition coefficient (Wildman–Crippen LogP) is 3.07. The Balaban J connectivity index is 1.70. The summed E-state index contributed by atoms with van der Waals surface area (Å²) in [6.07, 6.45) is -2.10. The van der Waals surface area contributed by atoms with Crippen molar-refractivity contribution in [3.8, 4) is 5.69 Å². The van der Waals surface area contributed by atoms with Crippen LogP contribution in [0, 0.1) is 0 Å². The minimum Gasteiger partial charge on any atom is -0.455 e. The molecule has 0 fully saturated rings. The summed E-state index contributed by atoms with van der Waals surface area (Å²) >= 11 is 1.42. The highest BCUT2D eigenvalue weighted by atomic mass is 32.1. The van der Waals surface area contributed by atoms with Gasteiger partial charge in [-0.1, -0.05) is 0 Å². The maximum Gasteiger partial charge on any atom is 0.416 e. The maximum atomic E-state index is 13.0. The molecule has 146 valence electrons. The van der Waals surface area contributed by atoms with Gasteiger partial charge in [-0.2, -0.15) is 29.6 Å². The Morgan fingerprint density at radius 2 is 2.07 bits per heavy atom. The third-order valence-corrected chi connectivity index (χ3v) is 4.29. The summed E-state index contributed by atoms with van der Waals surface area (Å²) in [5.41, 5.74) is -0.148. The first-order valence-electron chi connectivity index (χ1n) is 7.86. The van der Waals surface area contributed by atoms with Crippen LogP contribution in [-0.2, 0) is 26.9 Å². The van der Waals surface area contributed by atoms with E-state index in [0.29, 0.717) is 0 Å². The number of aromatic nitrogens is 3. The second-order valence-electron chi connectivity index (χ2n) is 5.59. The molecule has 1 N–H and O–H groups in total. The molecule has 2 heterocycles. The number of hydrogen-bond acceptors (Lipinski definition) is 6. The van der Waals surface area contributed by atoms with Crippen LogP contribution in [-0.4, -0.2) is 33.2 Å². The number of amides is 1. The summed E-state index contributed by atoms with van der Waals surface area (Å²) in [4.78, 5) is 27.6. The Morgan fingerprint density at radius 3 is 2.71 bits per heavy atom. The van der Waals surface area contributed by atoms with E-state index in [9.17, 15) is 22.8 Å². The summed E-state index contributed by atoms with van der Waals surface area (Å²) in [6.45, 7) is -0.629. The summed E-state index contributed by atoms with van der Waals surface area (Å²) in [7, 11) is 0. The quantitative estimate of drug-likeness (QED) is 0.632. The maximum absolute atomic E-state index is 13.0. The number of carbonyl (C=O) groups excluding carboxylic acids is 2. The SMILES string of the molecule is O=C(COC(=O)Cc1ccsc1)Nc1cc(C(F)(F)F)ccc1-n1cncn1. The van der Waals surface area contributed by atoms with Crippen LogP contribution in [0.5, 0.6) is 0 Å². The Kier molecular flexibility index (Phi) is 5.73. The van der Waals surface area contributed by atoms with Crippen LogP contribution in [0.1, 0.15) is 11.1 Å². The first-order chi connectivity index (χ1) is 13.3. The molecule has 0 spiro atoms. The number of nitrogens with zero attached hydrogens (tertiary/aromatic N) is 3. The smallest absolute Gasteiger partial charge is 0.416 e. The van der Waals surface area contributed by atoms with Crippen molar-refractivity contribution in [3.63, 3.8) is 0 Å². The fraction of sp³-hybridized carbons (Fsp3) is 0.176. The van der Waals surface area contributed by atoms with Gasteiger partial charge in [0.1, 0.15) is 12.7 Å². The van der Waals surface area contributed by atoms with Crippen molar-refractivity contribution in [2.45, 2.75) is 12.6 Å². The van der Waals surface area contributed by atoms with E-state index < -0.39 is 30.2 Å². The molecule has 28 heavy (non-hydrogen) atoms. The third-order valence-electron chi connectivity index (χ3n) is 3.56. The van der Waals surface area contributed by atoms with Crippen molar-refractivity contribution < 1.29 is 27.5 Å². The number of nitrogens with one attached hydrogen (secondary N) is 1. The van der Waals surface area contributed by atoms with Gasteiger partial charge in [-0.05, 0) is 40.6 Å². The van der Waals surface area contributed by atoms with Gasteiger partial charge >= 0.3 is 12.1 Å². The highest BCUT2D eigenvalue weighted by Gasteiger charge is 2.31. The Labute approximate surface area is 160 Å². The first kappa shape index (κ1) is 19.5. The number of anilines is 1. The number of thiophene rings is 1. The number of alkyl halides is 3. The van der Waals surface area contributed by atoms with Gasteiger partial charge in [-0.25, -0.2) is 9.67 Å². The fourth-order valence-electron chi connectivity index (χ4n) is 2.29. The van der Waals surface area contributed by atoms with E-state index in [1.807, 2.05) is 0 Å². The molecule has 3 rings (SSSR count). The van der Waals surface area contributed by atoms with Gasteiger partial charge in [0.05, 0.1) is 23.4 Å². The normalized spacial score (nSPS) is 11.2. The molecule has 3 aromatic rings. The van der Waals surface area contributed by atoms with E-state index in [4.69, 9.17) is 4.74 Å². The second-order valence-corrected chi connectivity index (χ2v) is 6.37. The number of hydrogen-bond donors (Lipinski definition) is 1. The van der Waals surface area contributed by atoms with Crippen LogP contribution in [0.2, 0.25) is 0 Å². The van der Waals surface area contributed by atoms with Crippen LogP contribution < -0.4 is 5.32 Å². The predicted molar refractivity (Wildman–Crippen MR) is 94.0 cm³/mol. The number of esters is 1. The minimum absolute atomic E-state index is 0.00451. The molecule has 0 unspecified atom stereocenters. The number of carbonyl (C=O) groups is 2. The van der Waals surface area contributed by atoms with Crippen LogP contribution in [0.25, 0.3) is 5.69 Å². The van der Waals surface area contributed by atoms with Crippen LogP contribution in [0.15, 0.2) is 47.7 Å². The Bertz CT molecular complexity index is 957. The number of benzene rings is 1. The highest BCUT2D eigenvalue weighted by molar-refractivity contribution is 7.08. The van der Waals surface area contributed by atoms with Crippen LogP contribution >= 0.6 is 11.3 Å². The molecule has 11 heteroatoms. The summed E-state index contributed by atoms with van der Waals surface area (Å²) in [5.74, 6) is -1.39. The highest BCUT2D eigenvalue weighted by Crippen LogP contribution is 2.33. The lowest BCUT2D eigenvalue weighted by atomic mass is 10.1. The fourth-order valence-corrected chi connectivity index (χ4v) is 2.96. The average molecular weight is 410 g/mol. The summed E-state index contributed by atoms with van der Waals surface area (Å²) < 4.78 is 45.1. The van der Waals surface area contributed by atoms with Gasteiger partial charge in [0.25, 0.3) is 5.91 Å². The average Bonchev–Trinajstić information content (AvgIpc) is 3.33. The van der Waals surface area contributed by atoms with Crippen LogP contribution in [0.3, 0.4) is 0 Å². The zero-order valence-electron chi connectivity index (χ0n) is 14.1. The first-order valence-corrected chi connectivity index (χ1v) is 8.80. The van der Waals surface area contributed by atoms with E-state index in [1.54, 1.807) is 16.8 Å². The second kappa shape index (κ2) is 8.21. The summed E-state index contributed by atoms with van der Waals surface area (Å²) in [5, 5.41) is 9.75. The molecule has 0 atom stereocenters. The van der Waals surface area contributed by atoms with Crippen molar-refractivity contribution in [2.24, 2.45) is 0 Å². The monoisotopic (exact) mass is 410 g/mol. The zero-order chi connectivity index (χ0) is 20.1. The van der Waals surface area contributed by atoms with E-state index >= 15 is 0 Å². The van der Waals surface area contributed by atoms with Crippen molar-refractivity contribution in [1.82, 2.24) is 14.8 Å². The van der Waals surface area contributed by atoms with E-state index in [-0.39, 0.29) is 17.8 Å². The van der Waals surface area contributed by atoms with Crippen molar-refractivity contribution in [1.29, 1.82) is 0 Å². The lowest BCUT2D eigenvalue weighted by molar-refractivity contribution is -0.146. The molecule has 7 nitrogen and oxygen atoms in total. The molecular weight excluding hydrogens is 397 g/mol. The van der Waals surface area contributed by atoms with Gasteiger partial charge in [0.15, 0.2) is 6.61 Å². The third kappa shape index (κ3) is 4.94. The standard InChI is InChI=1S/C17H13F3N4O3S/c18-17(19,20)12-1-2-14(24-10-21-9-22-24)13(6-12)23-15(25)7-27-16(26)5-11-3-4-28-8-11/h1-4,6,8-10H,5,7H2,(H,23,25).